The number of Topliss-reactive ketones (excluding diaryl/α,β-unsaturated/α-hetero) is 1. The molecule has 0 aliphatic rings. The summed E-state index contributed by atoms with van der Waals surface area (Å²) in [6.45, 7) is 5.38. The van der Waals surface area contributed by atoms with Crippen molar-refractivity contribution in [1.82, 2.24) is 9.97 Å². The maximum Gasteiger partial charge on any atom is 0.295 e. The van der Waals surface area contributed by atoms with Gasteiger partial charge in [0, 0.05) is 57.5 Å². The van der Waals surface area contributed by atoms with Crippen molar-refractivity contribution in [3.05, 3.63) is 113 Å². The van der Waals surface area contributed by atoms with Crippen LogP contribution in [0.1, 0.15) is 28.1 Å². The topological polar surface area (TPSA) is 267 Å². The average molecular weight is 997 g/mol. The Balaban J connectivity index is 1.22. The number of fused-ring (bicyclic) bond motifs is 4. The average Bonchev–Trinajstić information content (AvgIpc) is 3.27. The van der Waals surface area contributed by atoms with Crippen LogP contribution in [0.2, 0.25) is 0 Å². The number of carbonyl (C=O) groups excluding carboxylic acids is 1. The zero-order valence-corrected chi connectivity index (χ0v) is 40.4. The van der Waals surface area contributed by atoms with Gasteiger partial charge in [-0.2, -0.15) is 25.3 Å². The number of carbonyl (C=O) groups is 1. The highest BCUT2D eigenvalue weighted by molar-refractivity contribution is 7.87. The Kier molecular flexibility index (Phi) is 12.7. The third kappa shape index (κ3) is 9.39. The molecule has 0 atom stereocenters. The monoisotopic (exact) mass is 996 g/mol. The summed E-state index contributed by atoms with van der Waals surface area (Å²) in [7, 11) is -8.60. The summed E-state index contributed by atoms with van der Waals surface area (Å²) in [6.07, 6.45) is -0.376. The van der Waals surface area contributed by atoms with Crippen LogP contribution < -0.4 is 29.6 Å². The fraction of sp³-hybridized carbons (Fsp3) is 0.188. The number of methoxy groups -OCH3 is 4. The van der Waals surface area contributed by atoms with E-state index in [4.69, 9.17) is 28.9 Å². The van der Waals surface area contributed by atoms with Gasteiger partial charge in [-0.25, -0.2) is 9.97 Å². The van der Waals surface area contributed by atoms with Gasteiger partial charge in [0.1, 0.15) is 44.7 Å². The molecule has 0 spiro atoms. The molecule has 0 unspecified atom stereocenters. The van der Waals surface area contributed by atoms with E-state index in [2.05, 4.69) is 10.6 Å². The number of nitrogens with one attached hydrogen (secondary N) is 2. The highest BCUT2D eigenvalue weighted by atomic mass is 32.2. The SMILES string of the molecule is COc1cc(CC(=O)Cc2cc(OC)c3nc(C)cc(Nc4cccc5cc(S(=O)(=O)O)cc(S(=O)(=O)O)c45)c3c2OC)c(OC)c2c(Nc3cc(C)cc4cc(S(=O)(=O)O)ccc34)cc(C)nc12. The van der Waals surface area contributed by atoms with Gasteiger partial charge < -0.3 is 29.6 Å². The summed E-state index contributed by atoms with van der Waals surface area (Å²) in [5.74, 6) is 0.890. The Labute approximate surface area is 396 Å². The number of aryl methyl sites for hydroxylation is 3. The minimum Gasteiger partial charge on any atom is -0.496 e. The van der Waals surface area contributed by atoms with Gasteiger partial charge in [0.25, 0.3) is 30.4 Å². The van der Waals surface area contributed by atoms with Gasteiger partial charge >= 0.3 is 0 Å². The predicted octanol–water partition coefficient (Wildman–Crippen LogP) is 8.63. The van der Waals surface area contributed by atoms with Gasteiger partial charge in [0.05, 0.1) is 60.4 Å². The van der Waals surface area contributed by atoms with Gasteiger partial charge in [0.15, 0.2) is 0 Å². The summed E-state index contributed by atoms with van der Waals surface area (Å²) in [6, 6.07) is 20.9. The molecule has 0 saturated carbocycles. The highest BCUT2D eigenvalue weighted by Gasteiger charge is 2.27. The second kappa shape index (κ2) is 18.1. The Morgan fingerprint density at radius 3 is 1.55 bits per heavy atom. The number of pyridine rings is 2. The molecule has 0 fully saturated rings. The maximum atomic E-state index is 14.5. The van der Waals surface area contributed by atoms with Gasteiger partial charge in [-0.05, 0) is 97.8 Å². The fourth-order valence-electron chi connectivity index (χ4n) is 8.66. The van der Waals surface area contributed by atoms with Crippen molar-refractivity contribution in [2.45, 2.75) is 48.3 Å². The molecular formula is C48H44N4O14S3. The van der Waals surface area contributed by atoms with Crippen LogP contribution >= 0.6 is 0 Å². The van der Waals surface area contributed by atoms with Crippen LogP contribution in [-0.4, -0.2) is 83.1 Å². The van der Waals surface area contributed by atoms with Crippen molar-refractivity contribution >= 4 is 102 Å². The summed E-state index contributed by atoms with van der Waals surface area (Å²) >= 11 is 0. The number of aromatic nitrogens is 2. The molecule has 0 aliphatic heterocycles. The normalized spacial score (nSPS) is 12.1. The van der Waals surface area contributed by atoms with Crippen LogP contribution in [0.15, 0.2) is 99.6 Å². The summed E-state index contributed by atoms with van der Waals surface area (Å²) in [5.41, 5.74) is 5.14. The molecule has 2 aromatic heterocycles. The standard InChI is InChI=1S/C48H44N4O14S3/c1-24-13-28-20-32(67(54,55)56)11-12-34(28)36(14-24)52-38-16-26(3)50-46-40(64-5)22-30(48(66-7)44(38)46)18-31(53)17-29-21-39(63-4)45-43(47(29)65-6)37(15-25(2)49-45)51-35-10-8-9-27-19-33(68(57,58)59)23-41(42(27)35)69(60,61)62/h8-16,19-23H,17-18H2,1-7H3,(H,49,51)(H,50,52)(H,54,55,56)(H,57,58,59)(H,60,61,62). The molecule has 0 aliphatic carbocycles. The zero-order chi connectivity index (χ0) is 49.9. The number of hydrogen-bond acceptors (Lipinski definition) is 15. The van der Waals surface area contributed by atoms with Crippen LogP contribution in [0, 0.1) is 20.8 Å². The quantitative estimate of drug-likeness (QED) is 0.0601. The van der Waals surface area contributed by atoms with Gasteiger partial charge in [-0.3, -0.25) is 18.5 Å². The predicted molar refractivity (Wildman–Crippen MR) is 260 cm³/mol. The van der Waals surface area contributed by atoms with E-state index in [0.29, 0.717) is 89.7 Å². The van der Waals surface area contributed by atoms with Crippen LogP contribution in [0.25, 0.3) is 43.4 Å². The van der Waals surface area contributed by atoms with Crippen LogP contribution in [0.3, 0.4) is 0 Å². The van der Waals surface area contributed by atoms with E-state index in [1.807, 2.05) is 26.0 Å². The molecule has 8 aromatic rings. The molecule has 8 rings (SSSR count). The number of nitrogens with zero attached hydrogens (tertiary/aromatic N) is 2. The van der Waals surface area contributed by atoms with Crippen molar-refractivity contribution in [2.24, 2.45) is 0 Å². The first-order valence-electron chi connectivity index (χ1n) is 20.7. The van der Waals surface area contributed by atoms with E-state index < -0.39 is 40.1 Å². The van der Waals surface area contributed by atoms with Crippen molar-refractivity contribution in [3.63, 3.8) is 0 Å². The van der Waals surface area contributed by atoms with Gasteiger partial charge in [-0.15, -0.1) is 0 Å². The second-order valence-electron chi connectivity index (χ2n) is 16.2. The van der Waals surface area contributed by atoms with Crippen LogP contribution in [-0.2, 0) is 48.0 Å². The third-order valence-corrected chi connectivity index (χ3v) is 14.0. The Morgan fingerprint density at radius 2 is 1.06 bits per heavy atom. The second-order valence-corrected chi connectivity index (χ2v) is 20.4. The van der Waals surface area contributed by atoms with Crippen LogP contribution in [0.5, 0.6) is 23.0 Å². The lowest BCUT2D eigenvalue weighted by molar-refractivity contribution is -0.117. The lowest BCUT2D eigenvalue weighted by atomic mass is 9.96. The number of benzene rings is 6. The number of anilines is 4. The molecule has 18 nitrogen and oxygen atoms in total. The molecule has 358 valence electrons. The minimum atomic E-state index is -5.06. The number of ether oxygens (including phenoxy) is 4. The maximum absolute atomic E-state index is 14.5. The Hall–Kier alpha value is -7.14. The molecule has 69 heavy (non-hydrogen) atoms. The van der Waals surface area contributed by atoms with Crippen LogP contribution in [0.4, 0.5) is 22.7 Å². The summed E-state index contributed by atoms with van der Waals surface area (Å²) in [4.78, 5) is 22.2. The molecule has 0 bridgehead atoms. The Bertz CT molecular complexity index is 3830. The molecule has 21 heteroatoms. The van der Waals surface area contributed by atoms with Gasteiger partial charge in [-0.1, -0.05) is 24.3 Å². The number of rotatable bonds is 15. The molecular weight excluding hydrogens is 953 g/mol. The largest absolute Gasteiger partial charge is 0.496 e. The molecule has 6 aromatic carbocycles. The summed E-state index contributed by atoms with van der Waals surface area (Å²) in [5, 5.41) is 8.73. The third-order valence-electron chi connectivity index (χ3n) is 11.4. The van der Waals surface area contributed by atoms with E-state index in [1.54, 1.807) is 37.3 Å². The molecule has 0 radical (unpaired) electrons. The molecule has 0 amide bonds. The molecule has 5 N–H and O–H groups in total. The molecule has 0 saturated heterocycles. The fourth-order valence-corrected chi connectivity index (χ4v) is 10.6. The van der Waals surface area contributed by atoms with E-state index >= 15 is 0 Å². The van der Waals surface area contributed by atoms with Crippen molar-refractivity contribution in [1.29, 1.82) is 0 Å². The first-order chi connectivity index (χ1) is 32.5. The van der Waals surface area contributed by atoms with E-state index in [9.17, 15) is 43.7 Å². The summed E-state index contributed by atoms with van der Waals surface area (Å²) < 4.78 is 127. The molecule has 2 heterocycles. The lowest BCUT2D eigenvalue weighted by Gasteiger charge is -2.20. The van der Waals surface area contributed by atoms with E-state index in [0.717, 1.165) is 11.6 Å². The first kappa shape index (κ1) is 48.3. The van der Waals surface area contributed by atoms with E-state index in [1.165, 1.54) is 58.8 Å². The van der Waals surface area contributed by atoms with Crippen molar-refractivity contribution < 1.29 is 62.7 Å². The van der Waals surface area contributed by atoms with Crippen molar-refractivity contribution in [3.8, 4) is 23.0 Å². The zero-order valence-electron chi connectivity index (χ0n) is 37.9. The van der Waals surface area contributed by atoms with Crippen molar-refractivity contribution in [2.75, 3.05) is 39.1 Å². The van der Waals surface area contributed by atoms with Gasteiger partial charge in [0.2, 0.25) is 0 Å². The first-order valence-corrected chi connectivity index (χ1v) is 25.0. The minimum absolute atomic E-state index is 0.0590. The lowest BCUT2D eigenvalue weighted by Crippen LogP contribution is -2.11. The smallest absolute Gasteiger partial charge is 0.295 e. The number of ketones is 1. The van der Waals surface area contributed by atoms with E-state index in [-0.39, 0.29) is 51.5 Å². The number of hydrogen-bond donors (Lipinski definition) is 5. The highest BCUT2D eigenvalue weighted by Crippen LogP contribution is 2.45. The Morgan fingerprint density at radius 1 is 0.536 bits per heavy atom.